The highest BCUT2D eigenvalue weighted by Crippen LogP contribution is 2.28. The van der Waals surface area contributed by atoms with Gasteiger partial charge in [-0.25, -0.2) is 0 Å². The minimum absolute atomic E-state index is 0.204. The first-order valence-corrected chi connectivity index (χ1v) is 8.10. The SMILES string of the molecule is Cc1ccccc1-c1ccccc1Cc1ccc(CCO)cc1. The molecule has 0 saturated heterocycles. The summed E-state index contributed by atoms with van der Waals surface area (Å²) in [5.74, 6) is 0. The quantitative estimate of drug-likeness (QED) is 0.718. The summed E-state index contributed by atoms with van der Waals surface area (Å²) in [6, 6.07) is 25.7. The fourth-order valence-electron chi connectivity index (χ4n) is 2.99. The lowest BCUT2D eigenvalue weighted by molar-refractivity contribution is 0.299. The van der Waals surface area contributed by atoms with E-state index in [4.69, 9.17) is 5.11 Å². The average Bonchev–Trinajstić information content (AvgIpc) is 2.58. The van der Waals surface area contributed by atoms with Crippen molar-refractivity contribution in [3.8, 4) is 11.1 Å². The standard InChI is InChI=1S/C22H22O/c1-17-6-2-4-8-21(17)22-9-5-3-7-20(22)16-19-12-10-18(11-13-19)14-15-23/h2-13,23H,14-16H2,1H3. The van der Waals surface area contributed by atoms with E-state index in [0.717, 1.165) is 12.8 Å². The predicted molar refractivity (Wildman–Crippen MR) is 96.7 cm³/mol. The van der Waals surface area contributed by atoms with Crippen LogP contribution in [0.1, 0.15) is 22.3 Å². The highest BCUT2D eigenvalue weighted by molar-refractivity contribution is 5.70. The molecule has 0 aliphatic carbocycles. The molecule has 3 rings (SSSR count). The lowest BCUT2D eigenvalue weighted by atomic mass is 9.92. The average molecular weight is 302 g/mol. The van der Waals surface area contributed by atoms with Crippen molar-refractivity contribution in [2.75, 3.05) is 6.61 Å². The molecule has 3 aromatic rings. The van der Waals surface area contributed by atoms with Crippen LogP contribution >= 0.6 is 0 Å². The number of rotatable bonds is 5. The fraction of sp³-hybridized carbons (Fsp3) is 0.182. The summed E-state index contributed by atoms with van der Waals surface area (Å²) in [6.07, 6.45) is 1.64. The van der Waals surface area contributed by atoms with Gasteiger partial charge in [-0.2, -0.15) is 0 Å². The van der Waals surface area contributed by atoms with Gasteiger partial charge in [0.1, 0.15) is 0 Å². The van der Waals surface area contributed by atoms with E-state index in [-0.39, 0.29) is 6.61 Å². The van der Waals surface area contributed by atoms with Crippen molar-refractivity contribution in [3.63, 3.8) is 0 Å². The predicted octanol–water partition coefficient (Wildman–Crippen LogP) is 4.79. The molecule has 0 saturated carbocycles. The third kappa shape index (κ3) is 3.69. The zero-order valence-corrected chi connectivity index (χ0v) is 13.5. The molecule has 1 N–H and O–H groups in total. The maximum Gasteiger partial charge on any atom is 0.0471 e. The Morgan fingerprint density at radius 1 is 0.696 bits per heavy atom. The van der Waals surface area contributed by atoms with Gasteiger partial charge in [-0.05, 0) is 53.1 Å². The molecular weight excluding hydrogens is 280 g/mol. The number of hydrogen-bond acceptors (Lipinski definition) is 1. The second-order valence-corrected chi connectivity index (χ2v) is 5.94. The third-order valence-electron chi connectivity index (χ3n) is 4.27. The van der Waals surface area contributed by atoms with Gasteiger partial charge >= 0.3 is 0 Å². The summed E-state index contributed by atoms with van der Waals surface area (Å²) in [5.41, 5.74) is 7.75. The Hall–Kier alpha value is -2.38. The van der Waals surface area contributed by atoms with Gasteiger partial charge in [-0.1, -0.05) is 72.8 Å². The molecule has 0 aromatic heterocycles. The molecule has 0 radical (unpaired) electrons. The van der Waals surface area contributed by atoms with E-state index in [0.29, 0.717) is 0 Å². The fourth-order valence-corrected chi connectivity index (χ4v) is 2.99. The summed E-state index contributed by atoms with van der Waals surface area (Å²) in [5, 5.41) is 9.01. The highest BCUT2D eigenvalue weighted by atomic mass is 16.2. The Kier molecular flexibility index (Phi) is 4.89. The number of aryl methyl sites for hydroxylation is 1. The van der Waals surface area contributed by atoms with E-state index in [1.165, 1.54) is 33.4 Å². The van der Waals surface area contributed by atoms with Crippen molar-refractivity contribution in [3.05, 3.63) is 95.1 Å². The van der Waals surface area contributed by atoms with Crippen molar-refractivity contribution >= 4 is 0 Å². The van der Waals surface area contributed by atoms with Crippen molar-refractivity contribution in [1.82, 2.24) is 0 Å². The molecule has 0 spiro atoms. The molecule has 1 heteroatoms. The number of aliphatic hydroxyl groups excluding tert-OH is 1. The molecule has 0 amide bonds. The van der Waals surface area contributed by atoms with Crippen LogP contribution in [0.25, 0.3) is 11.1 Å². The minimum Gasteiger partial charge on any atom is -0.396 e. The lowest BCUT2D eigenvalue weighted by Crippen LogP contribution is -1.95. The summed E-state index contributed by atoms with van der Waals surface area (Å²) >= 11 is 0. The van der Waals surface area contributed by atoms with Gasteiger partial charge in [0.2, 0.25) is 0 Å². The van der Waals surface area contributed by atoms with Crippen molar-refractivity contribution in [2.24, 2.45) is 0 Å². The Morgan fingerprint density at radius 2 is 1.30 bits per heavy atom. The van der Waals surface area contributed by atoms with E-state index < -0.39 is 0 Å². The van der Waals surface area contributed by atoms with Gasteiger partial charge in [0.05, 0.1) is 0 Å². The Morgan fingerprint density at radius 3 is 2.00 bits per heavy atom. The Bertz CT molecular complexity index is 772. The summed E-state index contributed by atoms with van der Waals surface area (Å²) in [6.45, 7) is 2.37. The van der Waals surface area contributed by atoms with Gasteiger partial charge < -0.3 is 5.11 Å². The van der Waals surface area contributed by atoms with Crippen molar-refractivity contribution in [1.29, 1.82) is 0 Å². The minimum atomic E-state index is 0.204. The van der Waals surface area contributed by atoms with E-state index in [1.807, 2.05) is 0 Å². The smallest absolute Gasteiger partial charge is 0.0471 e. The van der Waals surface area contributed by atoms with E-state index in [9.17, 15) is 0 Å². The van der Waals surface area contributed by atoms with Gasteiger partial charge in [-0.3, -0.25) is 0 Å². The number of benzene rings is 3. The van der Waals surface area contributed by atoms with Gasteiger partial charge in [0, 0.05) is 6.61 Å². The molecule has 0 atom stereocenters. The van der Waals surface area contributed by atoms with Gasteiger partial charge in [0.15, 0.2) is 0 Å². The molecule has 0 fully saturated rings. The second-order valence-electron chi connectivity index (χ2n) is 5.94. The number of hydrogen-bond donors (Lipinski definition) is 1. The molecule has 3 aromatic carbocycles. The Labute approximate surface area is 138 Å². The van der Waals surface area contributed by atoms with Gasteiger partial charge in [0.25, 0.3) is 0 Å². The maximum atomic E-state index is 9.01. The van der Waals surface area contributed by atoms with Crippen LogP contribution < -0.4 is 0 Å². The van der Waals surface area contributed by atoms with Crippen LogP contribution in [0.15, 0.2) is 72.8 Å². The summed E-state index contributed by atoms with van der Waals surface area (Å²) in [7, 11) is 0. The van der Waals surface area contributed by atoms with E-state index in [2.05, 4.69) is 79.7 Å². The zero-order chi connectivity index (χ0) is 16.1. The Balaban J connectivity index is 1.90. The van der Waals surface area contributed by atoms with Gasteiger partial charge in [-0.15, -0.1) is 0 Å². The second kappa shape index (κ2) is 7.26. The molecule has 23 heavy (non-hydrogen) atoms. The van der Waals surface area contributed by atoms with E-state index >= 15 is 0 Å². The van der Waals surface area contributed by atoms with Crippen LogP contribution in [0.5, 0.6) is 0 Å². The first-order chi connectivity index (χ1) is 11.3. The van der Waals surface area contributed by atoms with Crippen molar-refractivity contribution in [2.45, 2.75) is 19.8 Å². The third-order valence-corrected chi connectivity index (χ3v) is 4.27. The van der Waals surface area contributed by atoms with Crippen LogP contribution in [0.3, 0.4) is 0 Å². The largest absolute Gasteiger partial charge is 0.396 e. The molecule has 0 bridgehead atoms. The molecule has 0 heterocycles. The topological polar surface area (TPSA) is 20.2 Å². The number of aliphatic hydroxyl groups is 1. The van der Waals surface area contributed by atoms with E-state index in [1.54, 1.807) is 0 Å². The van der Waals surface area contributed by atoms with Crippen LogP contribution in [0.2, 0.25) is 0 Å². The monoisotopic (exact) mass is 302 g/mol. The normalized spacial score (nSPS) is 10.7. The zero-order valence-electron chi connectivity index (χ0n) is 13.5. The molecule has 116 valence electrons. The van der Waals surface area contributed by atoms with Crippen molar-refractivity contribution < 1.29 is 5.11 Å². The molecule has 0 aliphatic heterocycles. The first kappa shape index (κ1) is 15.5. The highest BCUT2D eigenvalue weighted by Gasteiger charge is 2.07. The van der Waals surface area contributed by atoms with Crippen LogP contribution in [-0.2, 0) is 12.8 Å². The molecular formula is C22H22O. The maximum absolute atomic E-state index is 9.01. The summed E-state index contributed by atoms with van der Waals surface area (Å²) in [4.78, 5) is 0. The molecule has 1 nitrogen and oxygen atoms in total. The summed E-state index contributed by atoms with van der Waals surface area (Å²) < 4.78 is 0. The lowest BCUT2D eigenvalue weighted by Gasteiger charge is -2.12. The van der Waals surface area contributed by atoms with Crippen LogP contribution in [0, 0.1) is 6.92 Å². The first-order valence-electron chi connectivity index (χ1n) is 8.10. The van der Waals surface area contributed by atoms with Crippen LogP contribution in [0.4, 0.5) is 0 Å². The molecule has 0 unspecified atom stereocenters. The van der Waals surface area contributed by atoms with Crippen LogP contribution in [-0.4, -0.2) is 11.7 Å². The molecule has 0 aliphatic rings.